The molecule has 4 aromatic rings. The minimum Gasteiger partial charge on any atom is -0.496 e. The molecule has 1 heterocycles. The topological polar surface area (TPSA) is 38.9 Å². The van der Waals surface area contributed by atoms with E-state index < -0.39 is 0 Å². The van der Waals surface area contributed by atoms with E-state index in [1.165, 1.54) is 10.3 Å². The Morgan fingerprint density at radius 1 is 0.926 bits per heavy atom. The molecule has 4 rings (SSSR count). The van der Waals surface area contributed by atoms with Crippen molar-refractivity contribution in [3.63, 3.8) is 0 Å². The molecule has 0 atom stereocenters. The van der Waals surface area contributed by atoms with E-state index in [0.29, 0.717) is 0 Å². The number of benzene rings is 3. The van der Waals surface area contributed by atoms with Gasteiger partial charge < -0.3 is 9.30 Å². The average Bonchev–Trinajstić information content (AvgIpc) is 3.06. The van der Waals surface area contributed by atoms with E-state index in [0.717, 1.165) is 28.2 Å². The van der Waals surface area contributed by atoms with Crippen LogP contribution in [0.3, 0.4) is 0 Å². The van der Waals surface area contributed by atoms with Gasteiger partial charge in [0.1, 0.15) is 5.75 Å². The molecule has 0 N–H and O–H groups in total. The highest BCUT2D eigenvalue weighted by atomic mass is 32.1. The molecule has 0 aliphatic heterocycles. The van der Waals surface area contributed by atoms with E-state index in [4.69, 9.17) is 4.74 Å². The Morgan fingerprint density at radius 3 is 2.52 bits per heavy atom. The summed E-state index contributed by atoms with van der Waals surface area (Å²) in [4.78, 5) is 0.867. The average molecular weight is 373 g/mol. The first kappa shape index (κ1) is 17.2. The number of hydrogen-bond donors (Lipinski definition) is 0. The summed E-state index contributed by atoms with van der Waals surface area (Å²) >= 11 is 1.64. The Morgan fingerprint density at radius 2 is 1.67 bits per heavy atom. The van der Waals surface area contributed by atoms with Crippen LogP contribution in [0.1, 0.15) is 11.1 Å². The molecular formula is C22H19N3OS. The van der Waals surface area contributed by atoms with Gasteiger partial charge in [0.15, 0.2) is 0 Å². The van der Waals surface area contributed by atoms with Crippen LogP contribution in [0.15, 0.2) is 89.1 Å². The van der Waals surface area contributed by atoms with Gasteiger partial charge in [-0.05, 0) is 29.8 Å². The quantitative estimate of drug-likeness (QED) is 0.369. The summed E-state index contributed by atoms with van der Waals surface area (Å²) in [5, 5.41) is 8.83. The van der Waals surface area contributed by atoms with E-state index in [-0.39, 0.29) is 0 Å². The van der Waals surface area contributed by atoms with Crippen LogP contribution in [0.5, 0.6) is 5.75 Å². The zero-order valence-corrected chi connectivity index (χ0v) is 15.8. The lowest BCUT2D eigenvalue weighted by atomic mass is 10.2. The second-order valence-corrected chi connectivity index (χ2v) is 7.02. The van der Waals surface area contributed by atoms with Gasteiger partial charge in [-0.3, -0.25) is 0 Å². The molecule has 0 unspecified atom stereocenters. The lowest BCUT2D eigenvalue weighted by Gasteiger charge is -2.05. The second kappa shape index (κ2) is 8.01. The van der Waals surface area contributed by atoms with Gasteiger partial charge in [0.25, 0.3) is 0 Å². The molecule has 0 radical (unpaired) electrons. The zero-order valence-electron chi connectivity index (χ0n) is 14.9. The van der Waals surface area contributed by atoms with Gasteiger partial charge in [-0.15, -0.1) is 5.10 Å². The molecule has 0 aliphatic carbocycles. The van der Waals surface area contributed by atoms with Crippen LogP contribution in [0.25, 0.3) is 10.2 Å². The molecule has 0 saturated heterocycles. The van der Waals surface area contributed by atoms with E-state index in [9.17, 15) is 0 Å². The zero-order chi connectivity index (χ0) is 18.5. The molecule has 1 aromatic heterocycles. The van der Waals surface area contributed by atoms with Gasteiger partial charge in [0, 0.05) is 5.56 Å². The molecule has 3 aromatic carbocycles. The first-order chi connectivity index (χ1) is 13.3. The number of nitrogens with zero attached hydrogens (tertiary/aromatic N) is 3. The second-order valence-electron chi connectivity index (χ2n) is 6.01. The Bertz CT molecular complexity index is 1140. The Labute approximate surface area is 161 Å². The largest absolute Gasteiger partial charge is 0.496 e. The summed E-state index contributed by atoms with van der Waals surface area (Å²) in [7, 11) is 1.66. The number of aromatic nitrogens is 1. The summed E-state index contributed by atoms with van der Waals surface area (Å²) in [6.07, 6.45) is 1.73. The van der Waals surface area contributed by atoms with Crippen LogP contribution in [0.2, 0.25) is 0 Å². The lowest BCUT2D eigenvalue weighted by molar-refractivity contribution is 0.414. The van der Waals surface area contributed by atoms with E-state index in [1.807, 2.05) is 36.4 Å². The van der Waals surface area contributed by atoms with Gasteiger partial charge in [0.05, 0.1) is 30.1 Å². The van der Waals surface area contributed by atoms with E-state index >= 15 is 0 Å². The smallest absolute Gasteiger partial charge is 0.211 e. The fourth-order valence-corrected chi connectivity index (χ4v) is 3.92. The fourth-order valence-electron chi connectivity index (χ4n) is 2.93. The number of thiazole rings is 1. The number of para-hydroxylation sites is 2. The lowest BCUT2D eigenvalue weighted by Crippen LogP contribution is -2.15. The van der Waals surface area contributed by atoms with Crippen molar-refractivity contribution in [2.45, 2.75) is 6.54 Å². The normalized spacial score (nSPS) is 12.1. The predicted molar refractivity (Wildman–Crippen MR) is 112 cm³/mol. The van der Waals surface area contributed by atoms with Crippen molar-refractivity contribution < 1.29 is 4.74 Å². The number of fused-ring (bicyclic) bond motifs is 1. The molecule has 0 saturated carbocycles. The van der Waals surface area contributed by atoms with Crippen molar-refractivity contribution in [3.05, 3.63) is 94.8 Å². The first-order valence-electron chi connectivity index (χ1n) is 8.67. The Hall–Kier alpha value is -3.18. The monoisotopic (exact) mass is 373 g/mol. The maximum absolute atomic E-state index is 5.36. The van der Waals surface area contributed by atoms with Crippen LogP contribution in [0, 0.1) is 0 Å². The molecular weight excluding hydrogens is 354 g/mol. The summed E-state index contributed by atoms with van der Waals surface area (Å²) in [6, 6.07) is 26.5. The summed E-state index contributed by atoms with van der Waals surface area (Å²) in [5.74, 6) is 0.782. The fraction of sp³-hybridized carbons (Fsp3) is 0.0909. The van der Waals surface area contributed by atoms with Crippen molar-refractivity contribution in [3.8, 4) is 5.75 Å². The Kier molecular flexibility index (Phi) is 5.12. The minimum atomic E-state index is 0.758. The number of methoxy groups -OCH3 is 1. The molecule has 0 amide bonds. The van der Waals surface area contributed by atoms with Gasteiger partial charge in [-0.25, -0.2) is 0 Å². The van der Waals surface area contributed by atoms with Crippen LogP contribution < -0.4 is 9.54 Å². The number of ether oxygens (including phenoxy) is 1. The van der Waals surface area contributed by atoms with Gasteiger partial charge >= 0.3 is 0 Å². The third-order valence-electron chi connectivity index (χ3n) is 4.25. The van der Waals surface area contributed by atoms with Crippen LogP contribution >= 0.6 is 11.3 Å². The highest BCUT2D eigenvalue weighted by molar-refractivity contribution is 7.16. The van der Waals surface area contributed by atoms with Crippen molar-refractivity contribution in [2.24, 2.45) is 10.2 Å². The molecule has 4 nitrogen and oxygen atoms in total. The third kappa shape index (κ3) is 3.83. The van der Waals surface area contributed by atoms with Crippen LogP contribution in [-0.4, -0.2) is 17.9 Å². The van der Waals surface area contributed by atoms with Crippen molar-refractivity contribution in [1.82, 2.24) is 4.57 Å². The van der Waals surface area contributed by atoms with Gasteiger partial charge in [-0.1, -0.05) is 65.9 Å². The molecule has 5 heteroatoms. The summed E-state index contributed by atoms with van der Waals surface area (Å²) in [5.41, 5.74) is 3.30. The molecule has 0 fully saturated rings. The summed E-state index contributed by atoms with van der Waals surface area (Å²) < 4.78 is 8.76. The third-order valence-corrected chi connectivity index (χ3v) is 5.30. The van der Waals surface area contributed by atoms with Crippen LogP contribution in [0.4, 0.5) is 0 Å². The summed E-state index contributed by atoms with van der Waals surface area (Å²) in [6.45, 7) is 0.758. The standard InChI is InChI=1S/C22H19N3OS/c1-26-20-13-7-5-11-18(20)15-23-24-22-25(16-17-9-3-2-4-10-17)19-12-6-8-14-21(19)27-22/h2-15H,16H2,1H3/b23-15-,24-22-. The first-order valence-corrected chi connectivity index (χ1v) is 9.49. The maximum atomic E-state index is 5.36. The molecule has 134 valence electrons. The number of rotatable bonds is 5. The maximum Gasteiger partial charge on any atom is 0.211 e. The minimum absolute atomic E-state index is 0.758. The molecule has 0 bridgehead atoms. The predicted octanol–water partition coefficient (Wildman–Crippen LogP) is 4.69. The molecule has 0 aliphatic rings. The van der Waals surface area contributed by atoms with Crippen molar-refractivity contribution in [1.29, 1.82) is 0 Å². The number of hydrogen-bond acceptors (Lipinski definition) is 4. The molecule has 0 spiro atoms. The van der Waals surface area contributed by atoms with Crippen molar-refractivity contribution in [2.75, 3.05) is 7.11 Å². The van der Waals surface area contributed by atoms with E-state index in [1.54, 1.807) is 24.7 Å². The Balaban J connectivity index is 1.75. The van der Waals surface area contributed by atoms with Gasteiger partial charge in [-0.2, -0.15) is 5.10 Å². The molecule has 27 heavy (non-hydrogen) atoms. The highest BCUT2D eigenvalue weighted by Gasteiger charge is 2.06. The SMILES string of the molecule is COc1ccccc1/C=N\N=c1/sc2ccccc2n1Cc1ccccc1. The van der Waals surface area contributed by atoms with E-state index in [2.05, 4.69) is 57.2 Å². The van der Waals surface area contributed by atoms with Crippen molar-refractivity contribution >= 4 is 27.8 Å². The van der Waals surface area contributed by atoms with Crippen LogP contribution in [-0.2, 0) is 6.54 Å². The highest BCUT2D eigenvalue weighted by Crippen LogP contribution is 2.18. The van der Waals surface area contributed by atoms with Gasteiger partial charge in [0.2, 0.25) is 4.80 Å².